The molecule has 0 aliphatic carbocycles. The van der Waals surface area contributed by atoms with Gasteiger partial charge in [-0.25, -0.2) is 18.4 Å². The Kier molecular flexibility index (Phi) is 21.9. The van der Waals surface area contributed by atoms with E-state index < -0.39 is 125 Å². The summed E-state index contributed by atoms with van der Waals surface area (Å²) < 4.78 is 31.6. The van der Waals surface area contributed by atoms with Gasteiger partial charge in [0.1, 0.15) is 35.8 Å². The largest absolute Gasteiger partial charge is 0.481 e. The Morgan fingerprint density at radius 3 is 2.01 bits per heavy atom. The SMILES string of the molecule is CC(C)[C@@H](NC(=O)CCCC(=O)ON1C(=O)CCC1=O)C(=O)N[C@H](C)C(=O)N[C@@H](CCN[C@@H](c1cc(-c2cc(F)ccc2F)cn1Cc1ccccc1)C(C)(C)C)C(=O)NCCC(=O)N[C@H](CCC(=O)O)C(=O)O. The predicted octanol–water partition coefficient (Wildman–Crippen LogP) is 3.40. The Morgan fingerprint density at radius 2 is 1.39 bits per heavy atom. The minimum atomic E-state index is -1.50. The summed E-state index contributed by atoms with van der Waals surface area (Å²) in [6, 6.07) is 8.64. The molecule has 1 saturated heterocycles. The molecule has 2 heterocycles. The number of carboxylic acids is 2. The van der Waals surface area contributed by atoms with Crippen molar-refractivity contribution in [3.05, 3.63) is 83.7 Å². The molecule has 4 rings (SSSR count). The number of hydrogen-bond donors (Lipinski definition) is 8. The van der Waals surface area contributed by atoms with Crippen LogP contribution in [0.25, 0.3) is 11.1 Å². The smallest absolute Gasteiger partial charge is 0.333 e. The van der Waals surface area contributed by atoms with E-state index in [2.05, 4.69) is 31.9 Å². The Balaban J connectivity index is 1.49. The molecule has 0 radical (unpaired) electrons. The molecule has 0 bridgehead atoms. The summed E-state index contributed by atoms with van der Waals surface area (Å²) in [6.07, 6.45) is -0.428. The Hall–Kier alpha value is -7.56. The van der Waals surface area contributed by atoms with Crippen LogP contribution < -0.4 is 31.9 Å². The van der Waals surface area contributed by atoms with Gasteiger partial charge in [0, 0.05) is 74.6 Å². The molecule has 8 N–H and O–H groups in total. The molecule has 5 atom stereocenters. The van der Waals surface area contributed by atoms with Crippen molar-refractivity contribution in [1.82, 2.24) is 41.5 Å². The van der Waals surface area contributed by atoms with Gasteiger partial charge in [0.05, 0.1) is 6.04 Å². The average molecular weight is 1040 g/mol. The van der Waals surface area contributed by atoms with Crippen LogP contribution >= 0.6 is 0 Å². The number of halogens is 2. The minimum Gasteiger partial charge on any atom is -0.481 e. The van der Waals surface area contributed by atoms with Crippen LogP contribution in [0.15, 0.2) is 60.8 Å². The second-order valence-electron chi connectivity index (χ2n) is 19.3. The number of aliphatic carboxylic acids is 2. The molecule has 74 heavy (non-hydrogen) atoms. The van der Waals surface area contributed by atoms with Gasteiger partial charge in [0.15, 0.2) is 0 Å². The van der Waals surface area contributed by atoms with Crippen molar-refractivity contribution in [3.8, 4) is 11.1 Å². The lowest BCUT2D eigenvalue weighted by Crippen LogP contribution is -2.57. The van der Waals surface area contributed by atoms with Gasteiger partial charge in [-0.15, -0.1) is 5.06 Å². The van der Waals surface area contributed by atoms with Gasteiger partial charge >= 0.3 is 17.9 Å². The van der Waals surface area contributed by atoms with Gasteiger partial charge < -0.3 is 51.5 Å². The standard InChI is InChI=1S/C51H66F2N8O13/c1-29(2)45(59-39(62)13-10-14-44(68)74-61-41(64)18-19-42(61)65)49(71)56-30(3)47(69)58-36(48(70)55-24-22-40(63)57-37(50(72)73)17-20-43(66)67)21-23-54-46(51(4,5)6)38-25-32(34-26-33(52)15-16-35(34)53)28-60(38)27-31-11-8-7-9-12-31/h7-9,11-12,15-16,25-26,28-30,36-37,45-46,54H,10,13-14,17-24,27H2,1-6H3,(H,55,70)(H,56,71)(H,57,63)(H,58,69)(H,59,62)(H,66,67)(H,72,73)/t30-,36+,37-,45-,46+/m1/s1. The van der Waals surface area contributed by atoms with Crippen LogP contribution in [0, 0.1) is 23.0 Å². The molecule has 7 amide bonds. The van der Waals surface area contributed by atoms with E-state index in [0.29, 0.717) is 22.9 Å². The summed E-state index contributed by atoms with van der Waals surface area (Å²) in [6.45, 7) is 10.6. The van der Waals surface area contributed by atoms with Gasteiger partial charge in [0.25, 0.3) is 11.8 Å². The van der Waals surface area contributed by atoms with E-state index >= 15 is 4.39 Å². The highest BCUT2D eigenvalue weighted by molar-refractivity contribution is 6.01. The first-order valence-corrected chi connectivity index (χ1v) is 24.3. The van der Waals surface area contributed by atoms with Gasteiger partial charge in [0.2, 0.25) is 29.5 Å². The quantitative estimate of drug-likeness (QED) is 0.0484. The van der Waals surface area contributed by atoms with Crippen LogP contribution in [0.5, 0.6) is 0 Å². The van der Waals surface area contributed by atoms with Crippen molar-refractivity contribution in [2.75, 3.05) is 13.1 Å². The van der Waals surface area contributed by atoms with E-state index in [0.717, 1.165) is 23.8 Å². The lowest BCUT2D eigenvalue weighted by molar-refractivity contribution is -0.197. The number of nitrogens with zero attached hydrogens (tertiary/aromatic N) is 2. The lowest BCUT2D eigenvalue weighted by atomic mass is 9.84. The second-order valence-corrected chi connectivity index (χ2v) is 19.3. The van der Waals surface area contributed by atoms with E-state index in [9.17, 15) is 57.4 Å². The molecule has 0 spiro atoms. The highest BCUT2D eigenvalue weighted by atomic mass is 19.1. The summed E-state index contributed by atoms with van der Waals surface area (Å²) in [5.41, 5.74) is 1.52. The molecule has 3 aromatic rings. The molecular formula is C51H66F2N8O13. The number of carbonyl (C=O) groups is 10. The van der Waals surface area contributed by atoms with Crippen LogP contribution in [0.1, 0.15) is 117 Å². The van der Waals surface area contributed by atoms with Crippen molar-refractivity contribution in [2.24, 2.45) is 11.3 Å². The second kappa shape index (κ2) is 27.5. The third-order valence-electron chi connectivity index (χ3n) is 11.9. The van der Waals surface area contributed by atoms with Crippen molar-refractivity contribution in [1.29, 1.82) is 0 Å². The van der Waals surface area contributed by atoms with Crippen LogP contribution in [0.2, 0.25) is 0 Å². The third-order valence-corrected chi connectivity index (χ3v) is 11.9. The maximum absolute atomic E-state index is 15.2. The number of carboxylic acid groups (broad SMARTS) is 2. The normalized spacial score (nSPS) is 14.6. The van der Waals surface area contributed by atoms with Crippen LogP contribution in [-0.2, 0) is 59.3 Å². The van der Waals surface area contributed by atoms with E-state index in [4.69, 9.17) is 9.94 Å². The molecule has 1 aromatic heterocycles. The van der Waals surface area contributed by atoms with Gasteiger partial charge in [-0.3, -0.25) is 38.4 Å². The number of aromatic nitrogens is 1. The maximum Gasteiger partial charge on any atom is 0.333 e. The molecule has 1 aliphatic rings. The van der Waals surface area contributed by atoms with Gasteiger partial charge in [-0.05, 0) is 73.9 Å². The highest BCUT2D eigenvalue weighted by Crippen LogP contribution is 2.37. The first-order valence-electron chi connectivity index (χ1n) is 24.3. The van der Waals surface area contributed by atoms with Crippen LogP contribution in [0.4, 0.5) is 8.78 Å². The zero-order valence-corrected chi connectivity index (χ0v) is 42.3. The fraction of sp³-hybridized carbons (Fsp3) is 0.490. The van der Waals surface area contributed by atoms with E-state index in [1.165, 1.54) is 6.92 Å². The zero-order chi connectivity index (χ0) is 54.9. The molecule has 21 nitrogen and oxygen atoms in total. The predicted molar refractivity (Wildman–Crippen MR) is 262 cm³/mol. The van der Waals surface area contributed by atoms with Crippen molar-refractivity contribution < 1.29 is 71.8 Å². The van der Waals surface area contributed by atoms with Crippen molar-refractivity contribution >= 4 is 59.3 Å². The molecule has 402 valence electrons. The first kappa shape index (κ1) is 59.0. The molecular weight excluding hydrogens is 971 g/mol. The molecule has 0 saturated carbocycles. The fourth-order valence-electron chi connectivity index (χ4n) is 7.91. The third kappa shape index (κ3) is 18.2. The van der Waals surface area contributed by atoms with Gasteiger partial charge in [-0.2, -0.15) is 0 Å². The summed E-state index contributed by atoms with van der Waals surface area (Å²) in [5.74, 6) is -10.4. The van der Waals surface area contributed by atoms with Crippen molar-refractivity contribution in [2.45, 2.75) is 136 Å². The lowest BCUT2D eigenvalue weighted by Gasteiger charge is -2.33. The number of amides is 7. The molecule has 2 aromatic carbocycles. The molecule has 1 fully saturated rings. The summed E-state index contributed by atoms with van der Waals surface area (Å²) in [7, 11) is 0. The minimum absolute atomic E-state index is 0.0440. The summed E-state index contributed by atoms with van der Waals surface area (Å²) in [5, 5.41) is 34.9. The van der Waals surface area contributed by atoms with Crippen LogP contribution in [0.3, 0.4) is 0 Å². The van der Waals surface area contributed by atoms with Crippen LogP contribution in [-0.4, -0.2) is 116 Å². The number of imide groups is 1. The highest BCUT2D eigenvalue weighted by Gasteiger charge is 2.34. The van der Waals surface area contributed by atoms with Gasteiger partial charge in [-0.1, -0.05) is 65.0 Å². The number of hydrogen-bond acceptors (Lipinski definition) is 12. The topological polar surface area (TPSA) is 301 Å². The monoisotopic (exact) mass is 1040 g/mol. The summed E-state index contributed by atoms with van der Waals surface area (Å²) in [4.78, 5) is 130. The number of carbonyl (C=O) groups excluding carboxylic acids is 8. The number of benzene rings is 2. The Morgan fingerprint density at radius 1 is 0.730 bits per heavy atom. The van der Waals surface area contributed by atoms with Crippen molar-refractivity contribution in [3.63, 3.8) is 0 Å². The zero-order valence-electron chi connectivity index (χ0n) is 42.3. The number of hydroxylamine groups is 2. The van der Waals surface area contributed by atoms with E-state index in [1.54, 1.807) is 26.1 Å². The Bertz CT molecular complexity index is 2510. The Labute approximate surface area is 426 Å². The molecule has 1 aliphatic heterocycles. The van der Waals surface area contributed by atoms with E-state index in [1.807, 2.05) is 55.7 Å². The fourth-order valence-corrected chi connectivity index (χ4v) is 7.91. The average Bonchev–Trinajstić information content (AvgIpc) is 3.88. The van der Waals surface area contributed by atoms with E-state index in [-0.39, 0.29) is 63.6 Å². The maximum atomic E-state index is 15.2. The molecule has 0 unspecified atom stereocenters. The summed E-state index contributed by atoms with van der Waals surface area (Å²) >= 11 is 0. The number of nitrogens with one attached hydrogen (secondary N) is 6. The molecule has 23 heteroatoms. The number of rotatable bonds is 28. The first-order chi connectivity index (χ1) is 34.8.